The van der Waals surface area contributed by atoms with Crippen molar-refractivity contribution in [1.82, 2.24) is 4.40 Å². The van der Waals surface area contributed by atoms with Crippen LogP contribution in [0.5, 0.6) is 0 Å². The lowest BCUT2D eigenvalue weighted by Gasteiger charge is -2.12. The molecule has 0 atom stereocenters. The van der Waals surface area contributed by atoms with Crippen LogP contribution >= 0.6 is 11.6 Å². The number of carbonyl (C=O) groups excluding carboxylic acids is 2. The number of nitrogens with zero attached hydrogens (tertiary/aromatic N) is 1. The average Bonchev–Trinajstić information content (AvgIpc) is 3.14. The van der Waals surface area contributed by atoms with Gasteiger partial charge in [0.05, 0.1) is 10.6 Å². The first-order chi connectivity index (χ1) is 14.8. The Morgan fingerprint density at radius 3 is 2.32 bits per heavy atom. The number of aromatic nitrogens is 1. The number of benzene rings is 2. The highest BCUT2D eigenvalue weighted by Crippen LogP contribution is 2.36. The van der Waals surface area contributed by atoms with Crippen molar-refractivity contribution in [2.75, 3.05) is 5.32 Å². The Bertz CT molecular complexity index is 1300. The van der Waals surface area contributed by atoms with Crippen LogP contribution in [0, 0.1) is 0 Å². The van der Waals surface area contributed by atoms with Crippen molar-refractivity contribution < 1.29 is 22.8 Å². The number of fused-ring (bicyclic) bond motifs is 1. The van der Waals surface area contributed by atoms with Gasteiger partial charge in [0.15, 0.2) is 0 Å². The Labute approximate surface area is 179 Å². The molecule has 4 nitrogen and oxygen atoms in total. The van der Waals surface area contributed by atoms with Crippen molar-refractivity contribution in [2.45, 2.75) is 6.18 Å². The van der Waals surface area contributed by atoms with Gasteiger partial charge in [0.2, 0.25) is 0 Å². The van der Waals surface area contributed by atoms with E-state index < -0.39 is 28.5 Å². The number of nitrogens with one attached hydrogen (secondary N) is 1. The molecule has 0 radical (unpaired) electrons. The standard InChI is InChI=1S/C23H14ClF3N2O2/c24-19-10-9-15(12-18(19)23(25,26)27)28-22(31)21(30)20-17(14-6-2-1-3-7-14)13-16-8-4-5-11-29(16)20/h1-13H,(H,28,31). The van der Waals surface area contributed by atoms with Crippen molar-refractivity contribution in [2.24, 2.45) is 0 Å². The molecule has 1 N–H and O–H groups in total. The number of halogens is 4. The summed E-state index contributed by atoms with van der Waals surface area (Å²) < 4.78 is 40.9. The van der Waals surface area contributed by atoms with Gasteiger partial charge in [0.1, 0.15) is 5.69 Å². The number of ketones is 1. The monoisotopic (exact) mass is 442 g/mol. The zero-order valence-electron chi connectivity index (χ0n) is 15.8. The molecule has 2 heterocycles. The van der Waals surface area contributed by atoms with Crippen molar-refractivity contribution in [1.29, 1.82) is 0 Å². The second-order valence-corrected chi connectivity index (χ2v) is 7.15. The number of alkyl halides is 3. The van der Waals surface area contributed by atoms with Crippen LogP contribution in [-0.4, -0.2) is 16.1 Å². The van der Waals surface area contributed by atoms with Gasteiger partial charge >= 0.3 is 6.18 Å². The molecule has 156 valence electrons. The lowest BCUT2D eigenvalue weighted by molar-refractivity contribution is -0.137. The molecule has 31 heavy (non-hydrogen) atoms. The van der Waals surface area contributed by atoms with E-state index in [2.05, 4.69) is 5.32 Å². The SMILES string of the molecule is O=C(Nc1ccc(Cl)c(C(F)(F)F)c1)C(=O)c1c(-c2ccccc2)cc2ccccn12. The maximum atomic E-state index is 13.1. The topological polar surface area (TPSA) is 50.6 Å². The van der Waals surface area contributed by atoms with Crippen LogP contribution in [0.2, 0.25) is 5.02 Å². The number of rotatable bonds is 4. The number of anilines is 1. The second-order valence-electron chi connectivity index (χ2n) is 6.74. The molecule has 0 unspecified atom stereocenters. The Hall–Kier alpha value is -3.58. The molecule has 4 aromatic rings. The quantitative estimate of drug-likeness (QED) is 0.306. The van der Waals surface area contributed by atoms with Crippen LogP contribution in [0.15, 0.2) is 79.0 Å². The van der Waals surface area contributed by atoms with Gasteiger partial charge in [-0.3, -0.25) is 9.59 Å². The van der Waals surface area contributed by atoms with Crippen molar-refractivity contribution in [3.05, 3.63) is 95.3 Å². The first kappa shape index (κ1) is 20.7. The summed E-state index contributed by atoms with van der Waals surface area (Å²) in [4.78, 5) is 25.8. The third kappa shape index (κ3) is 4.04. The minimum Gasteiger partial charge on any atom is -0.319 e. The molecule has 8 heteroatoms. The normalized spacial score (nSPS) is 11.5. The van der Waals surface area contributed by atoms with Gasteiger partial charge in [-0.15, -0.1) is 0 Å². The largest absolute Gasteiger partial charge is 0.417 e. The van der Waals surface area contributed by atoms with Gasteiger partial charge in [-0.05, 0) is 42.0 Å². The highest BCUT2D eigenvalue weighted by atomic mass is 35.5. The summed E-state index contributed by atoms with van der Waals surface area (Å²) in [5.41, 5.74) is 0.801. The van der Waals surface area contributed by atoms with Crippen LogP contribution in [0.4, 0.5) is 18.9 Å². The fraction of sp³-hybridized carbons (Fsp3) is 0.0435. The second kappa shape index (κ2) is 7.92. The van der Waals surface area contributed by atoms with E-state index >= 15 is 0 Å². The van der Waals surface area contributed by atoms with Gasteiger partial charge in [0, 0.05) is 23.0 Å². The molecule has 0 aliphatic rings. The predicted molar refractivity (Wildman–Crippen MR) is 112 cm³/mol. The van der Waals surface area contributed by atoms with Crippen LogP contribution in [0.3, 0.4) is 0 Å². The van der Waals surface area contributed by atoms with Crippen LogP contribution in [-0.2, 0) is 11.0 Å². The van der Waals surface area contributed by atoms with Crippen LogP contribution < -0.4 is 5.32 Å². The zero-order valence-corrected chi connectivity index (χ0v) is 16.5. The maximum Gasteiger partial charge on any atom is 0.417 e. The first-order valence-corrected chi connectivity index (χ1v) is 9.51. The van der Waals surface area contributed by atoms with Gasteiger partial charge in [-0.2, -0.15) is 13.2 Å². The molecule has 1 amide bonds. The van der Waals surface area contributed by atoms with Crippen LogP contribution in [0.1, 0.15) is 16.1 Å². The van der Waals surface area contributed by atoms with Crippen LogP contribution in [0.25, 0.3) is 16.6 Å². The Balaban J connectivity index is 1.73. The van der Waals surface area contributed by atoms with E-state index in [9.17, 15) is 22.8 Å². The highest BCUT2D eigenvalue weighted by molar-refractivity contribution is 6.47. The molecule has 0 fully saturated rings. The minimum absolute atomic E-state index is 0.115. The molecular weight excluding hydrogens is 429 g/mol. The lowest BCUT2D eigenvalue weighted by Crippen LogP contribution is -2.25. The highest BCUT2D eigenvalue weighted by Gasteiger charge is 2.34. The summed E-state index contributed by atoms with van der Waals surface area (Å²) in [6.45, 7) is 0. The molecule has 4 rings (SSSR count). The van der Waals surface area contributed by atoms with Gasteiger partial charge < -0.3 is 9.72 Å². The van der Waals surface area contributed by atoms with Crippen molar-refractivity contribution in [3.63, 3.8) is 0 Å². The Morgan fingerprint density at radius 1 is 0.903 bits per heavy atom. The number of carbonyl (C=O) groups is 2. The molecule has 0 saturated carbocycles. The van der Waals surface area contributed by atoms with Gasteiger partial charge in [-0.25, -0.2) is 0 Å². The number of Topliss-reactive ketones (excluding diaryl/α,β-unsaturated/α-hetero) is 1. The molecule has 0 aliphatic heterocycles. The summed E-state index contributed by atoms with van der Waals surface area (Å²) in [5, 5.41) is 1.75. The van der Waals surface area contributed by atoms with E-state index in [-0.39, 0.29) is 11.4 Å². The molecule has 0 spiro atoms. The summed E-state index contributed by atoms with van der Waals surface area (Å²) in [6, 6.07) is 19.0. The van der Waals surface area contributed by atoms with Crippen molar-refractivity contribution in [3.8, 4) is 11.1 Å². The number of amides is 1. The summed E-state index contributed by atoms with van der Waals surface area (Å²) in [7, 11) is 0. The molecule has 0 bridgehead atoms. The van der Waals surface area contributed by atoms with Gasteiger partial charge in [0.25, 0.3) is 11.7 Å². The fourth-order valence-corrected chi connectivity index (χ4v) is 3.53. The van der Waals surface area contributed by atoms with E-state index in [0.717, 1.165) is 11.6 Å². The van der Waals surface area contributed by atoms with E-state index in [1.54, 1.807) is 59.1 Å². The lowest BCUT2D eigenvalue weighted by atomic mass is 10.0. The average molecular weight is 443 g/mol. The van der Waals surface area contributed by atoms with E-state index in [0.29, 0.717) is 17.1 Å². The van der Waals surface area contributed by atoms with E-state index in [1.807, 2.05) is 6.07 Å². The summed E-state index contributed by atoms with van der Waals surface area (Å²) in [6.07, 6.45) is -3.05. The molecule has 0 saturated heterocycles. The third-order valence-electron chi connectivity index (χ3n) is 4.72. The minimum atomic E-state index is -4.69. The Kier molecular flexibility index (Phi) is 5.29. The molecule has 2 aromatic carbocycles. The number of pyridine rings is 1. The summed E-state index contributed by atoms with van der Waals surface area (Å²) >= 11 is 5.61. The molecule has 0 aliphatic carbocycles. The van der Waals surface area contributed by atoms with Crippen molar-refractivity contribution >= 4 is 34.5 Å². The Morgan fingerprint density at radius 2 is 1.61 bits per heavy atom. The van der Waals surface area contributed by atoms with E-state index in [4.69, 9.17) is 11.6 Å². The summed E-state index contributed by atoms with van der Waals surface area (Å²) in [5.74, 6) is -1.94. The zero-order chi connectivity index (χ0) is 22.2. The fourth-order valence-electron chi connectivity index (χ4n) is 3.31. The maximum absolute atomic E-state index is 13.1. The molecule has 2 aromatic heterocycles. The number of hydrogen-bond donors (Lipinski definition) is 1. The van der Waals surface area contributed by atoms with E-state index in [1.165, 1.54) is 6.07 Å². The first-order valence-electron chi connectivity index (χ1n) is 9.13. The third-order valence-corrected chi connectivity index (χ3v) is 5.04. The number of hydrogen-bond acceptors (Lipinski definition) is 2. The van der Waals surface area contributed by atoms with Gasteiger partial charge in [-0.1, -0.05) is 48.0 Å². The molecular formula is C23H14ClF3N2O2. The smallest absolute Gasteiger partial charge is 0.319 e. The predicted octanol–water partition coefficient (Wildman–Crippen LogP) is 6.10.